The van der Waals surface area contributed by atoms with Crippen molar-refractivity contribution in [1.82, 2.24) is 5.32 Å². The summed E-state index contributed by atoms with van der Waals surface area (Å²) in [5.74, 6) is -0.203. The van der Waals surface area contributed by atoms with E-state index in [4.69, 9.17) is 0 Å². The number of nitrogens with zero attached hydrogens (tertiary/aromatic N) is 1. The van der Waals surface area contributed by atoms with Gasteiger partial charge in [0.05, 0.1) is 6.54 Å². The third kappa shape index (κ3) is 2.69. The van der Waals surface area contributed by atoms with Crippen LogP contribution in [-0.2, 0) is 22.6 Å². The molecule has 0 bridgehead atoms. The van der Waals surface area contributed by atoms with E-state index in [1.54, 1.807) is 16.2 Å². The first kappa shape index (κ1) is 13.8. The van der Waals surface area contributed by atoms with Crippen molar-refractivity contribution in [2.24, 2.45) is 0 Å². The minimum atomic E-state index is -0.445. The molecule has 0 saturated heterocycles. The number of carbonyl (C=O) groups excluding carboxylic acids is 2. The minimum absolute atomic E-state index is 0.101. The average molecular weight is 300 g/mol. The molecule has 1 aromatic heterocycles. The molecule has 1 N–H and O–H groups in total. The van der Waals surface area contributed by atoms with Gasteiger partial charge in [0.2, 0.25) is 11.8 Å². The molecule has 4 nitrogen and oxygen atoms in total. The van der Waals surface area contributed by atoms with Crippen molar-refractivity contribution >= 4 is 28.8 Å². The monoisotopic (exact) mass is 300 g/mol. The highest BCUT2D eigenvalue weighted by Gasteiger charge is 2.36. The third-order valence-corrected chi connectivity index (χ3v) is 4.51. The van der Waals surface area contributed by atoms with E-state index in [-0.39, 0.29) is 11.8 Å². The summed E-state index contributed by atoms with van der Waals surface area (Å²) in [6.07, 6.45) is 0.575. The number of para-hydroxylation sites is 1. The van der Waals surface area contributed by atoms with E-state index in [0.717, 1.165) is 16.1 Å². The first-order valence-corrected chi connectivity index (χ1v) is 7.72. The van der Waals surface area contributed by atoms with Crippen LogP contribution < -0.4 is 10.2 Å². The van der Waals surface area contributed by atoms with Crippen LogP contribution in [0.3, 0.4) is 0 Å². The van der Waals surface area contributed by atoms with E-state index in [2.05, 4.69) is 5.32 Å². The van der Waals surface area contributed by atoms with E-state index in [1.807, 2.05) is 41.8 Å². The van der Waals surface area contributed by atoms with E-state index in [1.165, 1.54) is 6.92 Å². The molecule has 0 aliphatic carbocycles. The number of carbonyl (C=O) groups is 2. The van der Waals surface area contributed by atoms with Gasteiger partial charge in [-0.15, -0.1) is 11.3 Å². The van der Waals surface area contributed by atoms with Crippen molar-refractivity contribution in [3.05, 3.63) is 52.2 Å². The number of nitrogens with one attached hydrogen (secondary N) is 1. The molecule has 2 heterocycles. The van der Waals surface area contributed by atoms with Crippen LogP contribution in [0.25, 0.3) is 0 Å². The lowest BCUT2D eigenvalue weighted by Gasteiger charge is -2.23. The molecular formula is C16H16N2O2S. The Morgan fingerprint density at radius 1 is 1.29 bits per heavy atom. The molecule has 108 valence electrons. The highest BCUT2D eigenvalue weighted by atomic mass is 32.1. The number of thiophene rings is 1. The van der Waals surface area contributed by atoms with Crippen LogP contribution in [0.2, 0.25) is 0 Å². The van der Waals surface area contributed by atoms with Gasteiger partial charge in [-0.05, 0) is 23.1 Å². The fourth-order valence-electron chi connectivity index (χ4n) is 2.69. The van der Waals surface area contributed by atoms with Gasteiger partial charge in [-0.2, -0.15) is 0 Å². The van der Waals surface area contributed by atoms with Crippen LogP contribution in [0.15, 0.2) is 41.8 Å². The highest BCUT2D eigenvalue weighted by Crippen LogP contribution is 2.32. The van der Waals surface area contributed by atoms with E-state index < -0.39 is 6.04 Å². The standard InChI is InChI=1S/C16H16N2O2S/c1-11(19)18-14-7-3-2-5-12(14)9-15(18)16(20)17-10-13-6-4-8-21-13/h2-8,15H,9-10H2,1H3,(H,17,20)/t15-/m1/s1. The van der Waals surface area contributed by atoms with Gasteiger partial charge in [0.15, 0.2) is 0 Å². The van der Waals surface area contributed by atoms with Crippen LogP contribution >= 0.6 is 11.3 Å². The lowest BCUT2D eigenvalue weighted by Crippen LogP contribution is -2.47. The molecule has 0 saturated carbocycles. The molecule has 21 heavy (non-hydrogen) atoms. The maximum atomic E-state index is 12.4. The molecule has 5 heteroatoms. The Balaban J connectivity index is 1.76. The predicted octanol–water partition coefficient (Wildman–Crippen LogP) is 2.34. The van der Waals surface area contributed by atoms with Crippen molar-refractivity contribution in [3.63, 3.8) is 0 Å². The lowest BCUT2D eigenvalue weighted by molar-refractivity contribution is -0.125. The lowest BCUT2D eigenvalue weighted by atomic mass is 10.1. The van der Waals surface area contributed by atoms with Gasteiger partial charge in [0.1, 0.15) is 6.04 Å². The Labute approximate surface area is 127 Å². The Bertz CT molecular complexity index is 667. The van der Waals surface area contributed by atoms with Crippen LogP contribution in [0.5, 0.6) is 0 Å². The molecule has 1 atom stereocenters. The minimum Gasteiger partial charge on any atom is -0.349 e. The Kier molecular flexibility index (Phi) is 3.75. The highest BCUT2D eigenvalue weighted by molar-refractivity contribution is 7.09. The summed E-state index contributed by atoms with van der Waals surface area (Å²) in [4.78, 5) is 27.0. The van der Waals surface area contributed by atoms with E-state index >= 15 is 0 Å². The second-order valence-corrected chi connectivity index (χ2v) is 6.07. The molecule has 0 spiro atoms. The molecule has 0 fully saturated rings. The Hall–Kier alpha value is -2.14. The first-order chi connectivity index (χ1) is 10.2. The smallest absolute Gasteiger partial charge is 0.243 e. The molecule has 1 aliphatic rings. The summed E-state index contributed by atoms with van der Waals surface area (Å²) >= 11 is 1.61. The maximum absolute atomic E-state index is 12.4. The van der Waals surface area contributed by atoms with E-state index in [0.29, 0.717) is 13.0 Å². The first-order valence-electron chi connectivity index (χ1n) is 6.84. The van der Waals surface area contributed by atoms with Gasteiger partial charge >= 0.3 is 0 Å². The number of hydrogen-bond donors (Lipinski definition) is 1. The molecule has 0 radical (unpaired) electrons. The summed E-state index contributed by atoms with van der Waals surface area (Å²) < 4.78 is 0. The van der Waals surface area contributed by atoms with Crippen molar-refractivity contribution in [1.29, 1.82) is 0 Å². The molecule has 2 amide bonds. The summed E-state index contributed by atoms with van der Waals surface area (Å²) in [5, 5.41) is 4.91. The number of hydrogen-bond acceptors (Lipinski definition) is 3. The number of amides is 2. The number of benzene rings is 1. The van der Waals surface area contributed by atoms with Crippen molar-refractivity contribution in [3.8, 4) is 0 Å². The average Bonchev–Trinajstić information content (AvgIpc) is 3.11. The van der Waals surface area contributed by atoms with Crippen molar-refractivity contribution in [2.45, 2.75) is 25.9 Å². The predicted molar refractivity (Wildman–Crippen MR) is 83.3 cm³/mol. The number of fused-ring (bicyclic) bond motifs is 1. The molecular weight excluding hydrogens is 284 g/mol. The quantitative estimate of drug-likeness (QED) is 0.946. The summed E-state index contributed by atoms with van der Waals surface area (Å²) in [5.41, 5.74) is 1.89. The van der Waals surface area contributed by atoms with Crippen LogP contribution in [-0.4, -0.2) is 17.9 Å². The SMILES string of the molecule is CC(=O)N1c2ccccc2C[C@@H]1C(=O)NCc1cccs1. The fraction of sp³-hybridized carbons (Fsp3) is 0.250. The third-order valence-electron chi connectivity index (χ3n) is 3.63. The topological polar surface area (TPSA) is 49.4 Å². The van der Waals surface area contributed by atoms with Gasteiger partial charge in [0.25, 0.3) is 0 Å². The molecule has 1 aromatic carbocycles. The van der Waals surface area contributed by atoms with Crippen molar-refractivity contribution in [2.75, 3.05) is 4.90 Å². The van der Waals surface area contributed by atoms with Crippen LogP contribution in [0.1, 0.15) is 17.4 Å². The van der Waals surface area contributed by atoms with Gasteiger partial charge in [-0.25, -0.2) is 0 Å². The van der Waals surface area contributed by atoms with E-state index in [9.17, 15) is 9.59 Å². The summed E-state index contributed by atoms with van der Waals surface area (Å²) in [7, 11) is 0. The molecule has 1 aliphatic heterocycles. The molecule has 0 unspecified atom stereocenters. The summed E-state index contributed by atoms with van der Waals surface area (Å²) in [6.45, 7) is 2.01. The second-order valence-electron chi connectivity index (χ2n) is 5.03. The maximum Gasteiger partial charge on any atom is 0.243 e. The zero-order valence-corrected chi connectivity index (χ0v) is 12.5. The summed E-state index contributed by atoms with van der Waals surface area (Å²) in [6, 6.07) is 11.2. The Morgan fingerprint density at radius 3 is 2.81 bits per heavy atom. The zero-order valence-electron chi connectivity index (χ0n) is 11.7. The molecule has 3 rings (SSSR count). The number of anilines is 1. The van der Waals surface area contributed by atoms with Gasteiger partial charge in [0, 0.05) is 23.9 Å². The second kappa shape index (κ2) is 5.69. The van der Waals surface area contributed by atoms with Gasteiger partial charge < -0.3 is 5.32 Å². The van der Waals surface area contributed by atoms with Gasteiger partial charge in [-0.1, -0.05) is 24.3 Å². The molecule has 2 aromatic rings. The normalized spacial score (nSPS) is 16.6. The largest absolute Gasteiger partial charge is 0.349 e. The fourth-order valence-corrected chi connectivity index (χ4v) is 3.33. The zero-order chi connectivity index (χ0) is 14.8. The van der Waals surface area contributed by atoms with Crippen molar-refractivity contribution < 1.29 is 9.59 Å². The Morgan fingerprint density at radius 2 is 2.10 bits per heavy atom. The van der Waals surface area contributed by atoms with Crippen LogP contribution in [0, 0.1) is 0 Å². The number of rotatable bonds is 3. The van der Waals surface area contributed by atoms with Gasteiger partial charge in [-0.3, -0.25) is 14.5 Å². The van der Waals surface area contributed by atoms with Crippen LogP contribution in [0.4, 0.5) is 5.69 Å².